The third-order valence-electron chi connectivity index (χ3n) is 14.2. The molecular weight excluding hydrogens is 1100 g/mol. The molecular formula is C58H80N14O13. The van der Waals surface area contributed by atoms with Crippen LogP contribution >= 0.6 is 0 Å². The number of carbonyl (C=O) groups excluding carboxylic acids is 10. The molecule has 1 aromatic heterocycles. The average molecular weight is 1180 g/mol. The Labute approximate surface area is 492 Å². The second kappa shape index (κ2) is 33.1. The van der Waals surface area contributed by atoms with Crippen LogP contribution in [0.4, 0.5) is 4.79 Å². The summed E-state index contributed by atoms with van der Waals surface area (Å²) in [5.41, 5.74) is 18.7. The monoisotopic (exact) mass is 1180 g/mol. The first kappa shape index (κ1) is 66.5. The molecule has 0 aliphatic carbocycles. The van der Waals surface area contributed by atoms with Crippen LogP contribution in [0.15, 0.2) is 90.1 Å². The number of aliphatic imine (C=N–C) groups is 1. The molecule has 0 saturated carbocycles. The molecule has 1 saturated heterocycles. The van der Waals surface area contributed by atoms with Crippen molar-refractivity contribution in [1.29, 1.82) is 0 Å². The molecule has 1 aliphatic rings. The molecule has 10 amide bonds. The van der Waals surface area contributed by atoms with E-state index < -0.39 is 127 Å². The Balaban J connectivity index is 1.31. The number of carbonyl (C=O) groups is 10. The molecule has 1 aliphatic heterocycles. The molecule has 27 heteroatoms. The van der Waals surface area contributed by atoms with Gasteiger partial charge in [-0.1, -0.05) is 94.8 Å². The number of amides is 10. The van der Waals surface area contributed by atoms with Gasteiger partial charge in [-0.15, -0.1) is 0 Å². The number of aliphatic hydroxyl groups excluding tert-OH is 1. The number of phenols is 1. The summed E-state index contributed by atoms with van der Waals surface area (Å²) in [6, 6.07) is 12.6. The molecule has 27 nitrogen and oxygen atoms in total. The molecule has 17 N–H and O–H groups in total. The molecule has 0 unspecified atom stereocenters. The number of hydrogen-bond acceptors (Lipinski definition) is 14. The van der Waals surface area contributed by atoms with Crippen molar-refractivity contribution >= 4 is 76.1 Å². The number of rotatable bonds is 32. The summed E-state index contributed by atoms with van der Waals surface area (Å²) in [5.74, 6) is -8.11. The molecule has 8 atom stereocenters. The summed E-state index contributed by atoms with van der Waals surface area (Å²) in [4.78, 5) is 145. The lowest BCUT2D eigenvalue weighted by Gasteiger charge is -2.30. The minimum Gasteiger partial charge on any atom is -0.508 e. The number of guanidine groups is 1. The molecule has 3 aromatic carbocycles. The van der Waals surface area contributed by atoms with Gasteiger partial charge in [0, 0.05) is 43.0 Å². The number of aromatic nitrogens is 1. The van der Waals surface area contributed by atoms with Crippen LogP contribution in [-0.4, -0.2) is 160 Å². The highest BCUT2D eigenvalue weighted by atomic mass is 16.5. The number of fused-ring (bicyclic) bond motifs is 1. The Hall–Kier alpha value is -9.27. The Bertz CT molecular complexity index is 2970. The fourth-order valence-electron chi connectivity index (χ4n) is 9.47. The molecule has 1 fully saturated rings. The number of primary amides is 1. The minimum atomic E-state index is -1.72. The quantitative estimate of drug-likeness (QED) is 0.0162. The van der Waals surface area contributed by atoms with Crippen LogP contribution in [-0.2, 0) is 67.3 Å². The van der Waals surface area contributed by atoms with Gasteiger partial charge in [0.15, 0.2) is 5.96 Å². The number of hydrogen-bond donors (Lipinski definition) is 14. The van der Waals surface area contributed by atoms with Crippen LogP contribution in [0.3, 0.4) is 0 Å². The van der Waals surface area contributed by atoms with E-state index in [2.05, 4.69) is 52.5 Å². The summed E-state index contributed by atoms with van der Waals surface area (Å²) in [6.45, 7) is 5.17. The van der Waals surface area contributed by atoms with Crippen molar-refractivity contribution in [2.24, 2.45) is 34.0 Å². The van der Waals surface area contributed by atoms with Gasteiger partial charge in [-0.3, -0.25) is 48.1 Å². The van der Waals surface area contributed by atoms with Crippen LogP contribution in [0, 0.1) is 11.8 Å². The summed E-state index contributed by atoms with van der Waals surface area (Å²) in [5, 5.41) is 42.0. The largest absolute Gasteiger partial charge is 0.508 e. The highest BCUT2D eigenvalue weighted by Gasteiger charge is 2.39. The van der Waals surface area contributed by atoms with Crippen LogP contribution in [0.25, 0.3) is 10.9 Å². The number of nitrogens with two attached hydrogens (primary N) is 3. The van der Waals surface area contributed by atoms with E-state index in [0.717, 1.165) is 10.9 Å². The van der Waals surface area contributed by atoms with Crippen molar-refractivity contribution in [1.82, 2.24) is 52.4 Å². The maximum absolute atomic E-state index is 14.4. The number of aromatic amines is 1. The van der Waals surface area contributed by atoms with Gasteiger partial charge in [0.1, 0.15) is 54.6 Å². The van der Waals surface area contributed by atoms with Crippen molar-refractivity contribution in [3.05, 3.63) is 102 Å². The first-order valence-corrected chi connectivity index (χ1v) is 28.2. The Morgan fingerprint density at radius 2 is 1.34 bits per heavy atom. The number of nitrogens with one attached hydrogen (secondary N) is 9. The van der Waals surface area contributed by atoms with Gasteiger partial charge >= 0.3 is 6.09 Å². The summed E-state index contributed by atoms with van der Waals surface area (Å²) in [6.07, 6.45) is 1.92. The van der Waals surface area contributed by atoms with E-state index in [0.29, 0.717) is 29.5 Å². The number of aliphatic hydroxyl groups is 1. The van der Waals surface area contributed by atoms with Crippen molar-refractivity contribution in [3.63, 3.8) is 0 Å². The summed E-state index contributed by atoms with van der Waals surface area (Å²) < 4.78 is 5.41. The van der Waals surface area contributed by atoms with Gasteiger partial charge in [0.2, 0.25) is 53.2 Å². The maximum atomic E-state index is 14.4. The number of likely N-dealkylation sites (tertiary alicyclic amines) is 1. The number of para-hydroxylation sites is 1. The highest BCUT2D eigenvalue weighted by molar-refractivity contribution is 5.98. The zero-order chi connectivity index (χ0) is 62.2. The van der Waals surface area contributed by atoms with Gasteiger partial charge in [0.05, 0.1) is 19.7 Å². The topological polar surface area (TPSA) is 426 Å². The van der Waals surface area contributed by atoms with E-state index >= 15 is 0 Å². The van der Waals surface area contributed by atoms with Gasteiger partial charge < -0.3 is 84.6 Å². The highest BCUT2D eigenvalue weighted by Crippen LogP contribution is 2.22. The lowest BCUT2D eigenvalue weighted by molar-refractivity contribution is -0.142. The van der Waals surface area contributed by atoms with E-state index in [1.54, 1.807) is 57.3 Å². The number of alkyl carbamates (subject to hydrolysis) is 1. The van der Waals surface area contributed by atoms with Gasteiger partial charge in [-0.25, -0.2) is 4.79 Å². The first-order chi connectivity index (χ1) is 40.6. The van der Waals surface area contributed by atoms with E-state index in [1.165, 1.54) is 29.2 Å². The lowest BCUT2D eigenvalue weighted by atomic mass is 9.97. The van der Waals surface area contributed by atoms with E-state index in [-0.39, 0.29) is 75.8 Å². The summed E-state index contributed by atoms with van der Waals surface area (Å²) in [7, 11) is 0. The van der Waals surface area contributed by atoms with Crippen LogP contribution < -0.4 is 59.7 Å². The fraction of sp³-hybridized carbons (Fsp3) is 0.466. The van der Waals surface area contributed by atoms with E-state index in [9.17, 15) is 58.2 Å². The van der Waals surface area contributed by atoms with Crippen LogP contribution in [0.2, 0.25) is 0 Å². The number of aromatic hydroxyl groups is 1. The smallest absolute Gasteiger partial charge is 0.408 e. The molecule has 0 spiro atoms. The Kier molecular flexibility index (Phi) is 25.9. The number of phenolic OH excluding ortho intramolecular Hbond substituents is 1. The average Bonchev–Trinajstić information content (AvgIpc) is 4.05. The zero-order valence-electron chi connectivity index (χ0n) is 48.2. The number of ether oxygens (including phenoxy) is 1. The second-order valence-electron chi connectivity index (χ2n) is 21.2. The van der Waals surface area contributed by atoms with Gasteiger partial charge in [-0.2, -0.15) is 0 Å². The second-order valence-corrected chi connectivity index (χ2v) is 21.2. The van der Waals surface area contributed by atoms with Crippen LogP contribution in [0.1, 0.15) is 82.9 Å². The van der Waals surface area contributed by atoms with Crippen molar-refractivity contribution in [2.75, 3.05) is 32.8 Å². The molecule has 2 heterocycles. The van der Waals surface area contributed by atoms with Crippen LogP contribution in [0.5, 0.6) is 5.75 Å². The van der Waals surface area contributed by atoms with Gasteiger partial charge in [0.25, 0.3) is 0 Å². The normalized spacial score (nSPS) is 15.3. The SMILES string of the molecule is CC[C@H](C)[C@H](NC(=O)OCc1ccccc1)C(=O)N[C@@H](Cc1c[nH]c2ccccc12)C(=O)N[C@@H](CO)C(=O)N[C@@H](Cc1ccc(O)cc1)C(=O)NCC(=O)N[C@@H](CC(C)C)C(=O)N[C@@H](CCCN=C(N)N)C(=O)N1CCC[C@H]1C(=O)NCC(N)=O. The predicted molar refractivity (Wildman–Crippen MR) is 313 cm³/mol. The Morgan fingerprint density at radius 3 is 2.01 bits per heavy atom. The van der Waals surface area contributed by atoms with Crippen molar-refractivity contribution < 1.29 is 62.9 Å². The Morgan fingerprint density at radius 1 is 0.706 bits per heavy atom. The maximum Gasteiger partial charge on any atom is 0.408 e. The first-order valence-electron chi connectivity index (χ1n) is 28.2. The zero-order valence-corrected chi connectivity index (χ0v) is 48.2. The predicted octanol–water partition coefficient (Wildman–Crippen LogP) is -0.776. The molecule has 85 heavy (non-hydrogen) atoms. The molecule has 5 rings (SSSR count). The molecule has 0 bridgehead atoms. The number of nitrogens with zero attached hydrogens (tertiary/aromatic N) is 2. The molecule has 4 aromatic rings. The van der Waals surface area contributed by atoms with Crippen molar-refractivity contribution in [2.45, 2.75) is 128 Å². The fourth-order valence-corrected chi connectivity index (χ4v) is 9.47. The number of benzene rings is 3. The summed E-state index contributed by atoms with van der Waals surface area (Å²) >= 11 is 0. The lowest BCUT2D eigenvalue weighted by Crippen LogP contribution is -2.60. The third-order valence-corrected chi connectivity index (χ3v) is 14.2. The third kappa shape index (κ3) is 21.1. The molecule has 0 radical (unpaired) electrons. The molecule has 460 valence electrons. The van der Waals surface area contributed by atoms with Crippen molar-refractivity contribution in [3.8, 4) is 5.75 Å². The number of H-pyrrole nitrogens is 1. The van der Waals surface area contributed by atoms with E-state index in [4.69, 9.17) is 21.9 Å². The van der Waals surface area contributed by atoms with E-state index in [1.807, 2.05) is 31.2 Å². The minimum absolute atomic E-state index is 0.0229. The standard InChI is InChI=1S/C58H80N14O13/c1-5-34(4)49(71-58(84)85-32-36-13-7-6-8-14-36)55(82)69-44(27-37-28-63-40-16-10-9-15-39(37)40)52(79)70-45(31-73)53(80)68-43(26-35-19-21-38(74)22-20-35)50(77)65-30-48(76)66-42(25-33(2)3)51(78)67-41(17-11-23-62-57(60)61)56(83)72-24-12-18-46(72)54(81)64-29-47(59)75/h6-10,13-16,19-22,28,33-34,41-46,49,63,73-74H,5,11-12,17-18,23-27,29-32H2,1-4H3,(H2,59,75)(H,64,81)(H,65,77)(H,66,76)(H,67,78)(H,68,80)(H,69,82)(H,70,79)(H,71,84)(H4,60,61,62)/t34-,41-,42-,43-,44-,45-,46-,49-/m0/s1. The van der Waals surface area contributed by atoms with Gasteiger partial charge in [-0.05, 0) is 78.8 Å².